The minimum Gasteiger partial charge on any atom is -0.327 e. The van der Waals surface area contributed by atoms with Crippen LogP contribution in [0.4, 0.5) is 0 Å². The molecular weight excluding hydrogens is 180 g/mol. The van der Waals surface area contributed by atoms with Crippen LogP contribution in [-0.4, -0.2) is 25.8 Å². The summed E-state index contributed by atoms with van der Waals surface area (Å²) in [6, 6.07) is 0. The van der Waals surface area contributed by atoms with Crippen LogP contribution < -0.4 is 0 Å². The fourth-order valence-corrected chi connectivity index (χ4v) is 2.31. The lowest BCUT2D eigenvalue weighted by molar-refractivity contribution is -0.470. The molecule has 14 heavy (non-hydrogen) atoms. The van der Waals surface area contributed by atoms with Gasteiger partial charge in [0.2, 0.25) is 0 Å². The van der Waals surface area contributed by atoms with Crippen LogP contribution in [0.15, 0.2) is 0 Å². The van der Waals surface area contributed by atoms with Gasteiger partial charge in [-0.3, -0.25) is 0 Å². The Labute approximate surface area is 85.7 Å². The van der Waals surface area contributed by atoms with Gasteiger partial charge in [-0.25, -0.2) is 0 Å². The molecule has 0 aromatic heterocycles. The van der Waals surface area contributed by atoms with E-state index in [0.29, 0.717) is 0 Å². The molecule has 0 N–H and O–H groups in total. The minimum atomic E-state index is -0.690. The van der Waals surface area contributed by atoms with Crippen LogP contribution in [0.25, 0.3) is 0 Å². The van der Waals surface area contributed by atoms with Crippen LogP contribution >= 0.6 is 0 Å². The van der Waals surface area contributed by atoms with Crippen LogP contribution in [0, 0.1) is 5.41 Å². The molecule has 0 aromatic rings. The fourth-order valence-electron chi connectivity index (χ4n) is 2.31. The van der Waals surface area contributed by atoms with Crippen molar-refractivity contribution in [3.63, 3.8) is 0 Å². The normalized spacial score (nSPS) is 41.6. The molecule has 3 aliphatic heterocycles. The van der Waals surface area contributed by atoms with Gasteiger partial charge in [-0.05, 0) is 12.8 Å². The monoisotopic (exact) mass is 200 g/mol. The molecule has 0 aliphatic carbocycles. The van der Waals surface area contributed by atoms with Crippen LogP contribution in [0.5, 0.6) is 0 Å². The Kier molecular flexibility index (Phi) is 2.82. The van der Waals surface area contributed by atoms with E-state index in [1.807, 2.05) is 0 Å². The second-order valence-electron chi connectivity index (χ2n) is 4.55. The lowest BCUT2D eigenvalue weighted by atomic mass is 9.84. The molecule has 3 rings (SSSR count). The summed E-state index contributed by atoms with van der Waals surface area (Å²) in [7, 11) is 0. The summed E-state index contributed by atoms with van der Waals surface area (Å²) in [5.41, 5.74) is 0.143. The highest BCUT2D eigenvalue weighted by atomic mass is 16.9. The van der Waals surface area contributed by atoms with Crippen molar-refractivity contribution in [3.05, 3.63) is 0 Å². The first kappa shape index (κ1) is 10.4. The first-order valence-corrected chi connectivity index (χ1v) is 5.66. The first-order chi connectivity index (χ1) is 6.74. The third kappa shape index (κ3) is 1.69. The summed E-state index contributed by atoms with van der Waals surface area (Å²) in [5.74, 6) is -0.690. The lowest BCUT2D eigenvalue weighted by Crippen LogP contribution is -2.59. The standard InChI is InChI=1S/C11H20O3/c1-3-5-10-7-12-11(6-4-2,13-8-10)14-9-10/h3-9H2,1-2H3. The van der Waals surface area contributed by atoms with Gasteiger partial charge in [-0.2, -0.15) is 0 Å². The van der Waals surface area contributed by atoms with E-state index in [2.05, 4.69) is 13.8 Å². The molecule has 3 nitrogen and oxygen atoms in total. The molecule has 0 amide bonds. The maximum Gasteiger partial charge on any atom is 0.282 e. The molecule has 0 atom stereocenters. The van der Waals surface area contributed by atoms with Crippen molar-refractivity contribution < 1.29 is 14.2 Å². The molecule has 0 saturated carbocycles. The Balaban J connectivity index is 1.98. The highest BCUT2D eigenvalue weighted by molar-refractivity contribution is 4.87. The van der Waals surface area contributed by atoms with Crippen molar-refractivity contribution in [2.45, 2.75) is 45.5 Å². The first-order valence-electron chi connectivity index (χ1n) is 5.66. The largest absolute Gasteiger partial charge is 0.327 e. The zero-order valence-electron chi connectivity index (χ0n) is 9.17. The molecule has 0 unspecified atom stereocenters. The molecule has 3 fully saturated rings. The average molecular weight is 200 g/mol. The van der Waals surface area contributed by atoms with E-state index in [4.69, 9.17) is 14.2 Å². The smallest absolute Gasteiger partial charge is 0.282 e. The van der Waals surface area contributed by atoms with Gasteiger partial charge >= 0.3 is 0 Å². The SMILES string of the molecule is CCCC12COC(CCC)(OC1)OC2. The van der Waals surface area contributed by atoms with Gasteiger partial charge in [-0.15, -0.1) is 0 Å². The number of hydrogen-bond acceptors (Lipinski definition) is 3. The summed E-state index contributed by atoms with van der Waals surface area (Å²) in [6.45, 7) is 6.73. The third-order valence-corrected chi connectivity index (χ3v) is 3.13. The van der Waals surface area contributed by atoms with Crippen LogP contribution in [0.3, 0.4) is 0 Å². The Morgan fingerprint density at radius 3 is 1.79 bits per heavy atom. The van der Waals surface area contributed by atoms with Crippen molar-refractivity contribution in [1.82, 2.24) is 0 Å². The third-order valence-electron chi connectivity index (χ3n) is 3.13. The van der Waals surface area contributed by atoms with Crippen LogP contribution in [0.2, 0.25) is 0 Å². The fraction of sp³-hybridized carbons (Fsp3) is 1.00. The van der Waals surface area contributed by atoms with Crippen molar-refractivity contribution in [1.29, 1.82) is 0 Å². The van der Waals surface area contributed by atoms with Gasteiger partial charge in [0.25, 0.3) is 5.97 Å². The molecule has 3 saturated heterocycles. The zero-order valence-corrected chi connectivity index (χ0v) is 9.17. The number of rotatable bonds is 4. The Morgan fingerprint density at radius 2 is 1.36 bits per heavy atom. The molecule has 0 spiro atoms. The molecule has 3 aliphatic rings. The van der Waals surface area contributed by atoms with Crippen molar-refractivity contribution in [2.24, 2.45) is 5.41 Å². The van der Waals surface area contributed by atoms with Crippen molar-refractivity contribution >= 4 is 0 Å². The minimum absolute atomic E-state index is 0.143. The summed E-state index contributed by atoms with van der Waals surface area (Å²) in [6.07, 6.45) is 4.17. The van der Waals surface area contributed by atoms with Gasteiger partial charge < -0.3 is 14.2 Å². The van der Waals surface area contributed by atoms with E-state index in [1.165, 1.54) is 0 Å². The van der Waals surface area contributed by atoms with Crippen molar-refractivity contribution in [3.8, 4) is 0 Å². The quantitative estimate of drug-likeness (QED) is 0.697. The van der Waals surface area contributed by atoms with E-state index in [-0.39, 0.29) is 5.41 Å². The van der Waals surface area contributed by atoms with Gasteiger partial charge in [0.15, 0.2) is 0 Å². The summed E-state index contributed by atoms with van der Waals surface area (Å²) in [5, 5.41) is 0. The molecule has 82 valence electrons. The van der Waals surface area contributed by atoms with E-state index in [9.17, 15) is 0 Å². The number of hydrogen-bond donors (Lipinski definition) is 0. The molecular formula is C11H20O3. The van der Waals surface area contributed by atoms with E-state index in [1.54, 1.807) is 0 Å². The van der Waals surface area contributed by atoms with Crippen LogP contribution in [-0.2, 0) is 14.2 Å². The molecule has 0 radical (unpaired) electrons. The second-order valence-corrected chi connectivity index (χ2v) is 4.55. The summed E-state index contributed by atoms with van der Waals surface area (Å²) >= 11 is 0. The van der Waals surface area contributed by atoms with Gasteiger partial charge in [-0.1, -0.05) is 20.3 Å². The highest BCUT2D eigenvalue weighted by Gasteiger charge is 2.51. The highest BCUT2D eigenvalue weighted by Crippen LogP contribution is 2.42. The summed E-state index contributed by atoms with van der Waals surface area (Å²) in [4.78, 5) is 0. The predicted octanol–water partition coefficient (Wildman–Crippen LogP) is 2.30. The zero-order chi connectivity index (χ0) is 10.1. The van der Waals surface area contributed by atoms with Gasteiger partial charge in [0, 0.05) is 11.8 Å². The number of fused-ring (bicyclic) bond motifs is 3. The van der Waals surface area contributed by atoms with E-state index >= 15 is 0 Å². The summed E-state index contributed by atoms with van der Waals surface area (Å²) < 4.78 is 17.1. The molecule has 3 heteroatoms. The van der Waals surface area contributed by atoms with E-state index in [0.717, 1.165) is 45.5 Å². The Bertz CT molecular complexity index is 156. The van der Waals surface area contributed by atoms with E-state index < -0.39 is 5.97 Å². The lowest BCUT2D eigenvalue weighted by Gasteiger charge is -2.52. The van der Waals surface area contributed by atoms with Crippen molar-refractivity contribution in [2.75, 3.05) is 19.8 Å². The Hall–Kier alpha value is -0.120. The average Bonchev–Trinajstić information content (AvgIpc) is 2.22. The second kappa shape index (κ2) is 3.80. The predicted molar refractivity (Wildman–Crippen MR) is 52.8 cm³/mol. The van der Waals surface area contributed by atoms with Gasteiger partial charge in [0.1, 0.15) is 0 Å². The topological polar surface area (TPSA) is 27.7 Å². The maximum atomic E-state index is 5.72. The molecule has 2 bridgehead atoms. The maximum absolute atomic E-state index is 5.72. The molecule has 0 aromatic carbocycles. The number of ether oxygens (including phenoxy) is 3. The van der Waals surface area contributed by atoms with Crippen LogP contribution in [0.1, 0.15) is 39.5 Å². The van der Waals surface area contributed by atoms with Gasteiger partial charge in [0.05, 0.1) is 19.8 Å². The molecule has 3 heterocycles. The Morgan fingerprint density at radius 1 is 0.857 bits per heavy atom.